The van der Waals surface area contributed by atoms with E-state index in [1.165, 1.54) is 225 Å². The van der Waals surface area contributed by atoms with E-state index in [0.717, 1.165) is 96.3 Å². The zero-order chi connectivity index (χ0) is 59.2. The van der Waals surface area contributed by atoms with Gasteiger partial charge < -0.3 is 14.2 Å². The van der Waals surface area contributed by atoms with Crippen molar-refractivity contribution < 1.29 is 28.6 Å². The molecule has 0 aliphatic rings. The van der Waals surface area contributed by atoms with Gasteiger partial charge in [-0.15, -0.1) is 0 Å². The van der Waals surface area contributed by atoms with Crippen LogP contribution in [0.25, 0.3) is 0 Å². The summed E-state index contributed by atoms with van der Waals surface area (Å²) >= 11 is 0. The Labute approximate surface area is 509 Å². The monoisotopic (exact) mass is 1140 g/mol. The molecular weight excluding hydrogens is 1010 g/mol. The van der Waals surface area contributed by atoms with Crippen LogP contribution < -0.4 is 0 Å². The maximum absolute atomic E-state index is 13.0. The minimum Gasteiger partial charge on any atom is -0.462 e. The summed E-state index contributed by atoms with van der Waals surface area (Å²) in [5.74, 6) is -0.873. The van der Waals surface area contributed by atoms with Crippen molar-refractivity contribution in [2.45, 2.75) is 367 Å². The molecule has 0 aliphatic heterocycles. The van der Waals surface area contributed by atoms with E-state index in [0.29, 0.717) is 19.3 Å². The van der Waals surface area contributed by atoms with Gasteiger partial charge in [0.15, 0.2) is 6.10 Å². The predicted octanol–water partition coefficient (Wildman–Crippen LogP) is 24.6. The molecule has 0 fully saturated rings. The molecule has 0 saturated heterocycles. The minimum absolute atomic E-state index is 0.0796. The summed E-state index contributed by atoms with van der Waals surface area (Å²) in [4.78, 5) is 38.5. The van der Waals surface area contributed by atoms with Crippen molar-refractivity contribution in [3.8, 4) is 0 Å². The highest BCUT2D eigenvalue weighted by Crippen LogP contribution is 2.17. The molecule has 0 aliphatic carbocycles. The number of allylic oxidation sites excluding steroid dienone is 14. The highest BCUT2D eigenvalue weighted by Gasteiger charge is 2.19. The number of hydrogen-bond donors (Lipinski definition) is 0. The van der Waals surface area contributed by atoms with Crippen LogP contribution in [0, 0.1) is 0 Å². The summed E-state index contributed by atoms with van der Waals surface area (Å²) in [6.45, 7) is 6.55. The Kier molecular flexibility index (Phi) is 67.2. The number of ether oxygens (including phenoxy) is 3. The maximum atomic E-state index is 13.0. The molecule has 6 nitrogen and oxygen atoms in total. The summed E-state index contributed by atoms with van der Waals surface area (Å²) in [7, 11) is 0. The second-order valence-electron chi connectivity index (χ2n) is 23.8. The van der Waals surface area contributed by atoms with Crippen molar-refractivity contribution >= 4 is 17.9 Å². The van der Waals surface area contributed by atoms with Crippen LogP contribution in [0.2, 0.25) is 0 Å². The van der Waals surface area contributed by atoms with E-state index in [1.807, 2.05) is 0 Å². The molecule has 0 rings (SSSR count). The van der Waals surface area contributed by atoms with Gasteiger partial charge in [-0.3, -0.25) is 14.4 Å². The summed E-state index contributed by atoms with van der Waals surface area (Å²) in [6, 6.07) is 0. The van der Waals surface area contributed by atoms with E-state index in [4.69, 9.17) is 14.2 Å². The topological polar surface area (TPSA) is 78.9 Å². The standard InChI is InChI=1S/C76H134O6/c1-4-7-10-13-16-19-22-25-28-31-34-36-38-40-42-45-48-51-54-57-60-63-66-69-75(78)81-72-73(71-80-74(77)68-65-62-59-56-53-50-47-44-33-30-27-24-21-18-15-12-9-6-3)82-76(79)70-67-64-61-58-55-52-49-46-43-41-39-37-35-32-29-26-23-20-17-14-11-8-5-2/h7,10,16,19,21,24-25,28,30,32-36,73H,4-6,8-9,11-15,17-18,20,22-23,26-27,29,31,37-72H2,1-3H3/b10-7-,19-16-,24-21-,28-25-,33-30-,35-32-,36-34-. The van der Waals surface area contributed by atoms with Crippen molar-refractivity contribution in [1.29, 1.82) is 0 Å². The highest BCUT2D eigenvalue weighted by molar-refractivity contribution is 5.71. The molecule has 0 N–H and O–H groups in total. The first-order valence-electron chi connectivity index (χ1n) is 35.6. The molecule has 82 heavy (non-hydrogen) atoms. The van der Waals surface area contributed by atoms with E-state index in [9.17, 15) is 14.4 Å². The van der Waals surface area contributed by atoms with Crippen LogP contribution in [0.1, 0.15) is 361 Å². The van der Waals surface area contributed by atoms with Gasteiger partial charge in [0, 0.05) is 19.3 Å². The Bertz CT molecular complexity index is 1550. The molecule has 0 aromatic carbocycles. The molecular formula is C76H134O6. The second kappa shape index (κ2) is 70.1. The quantitative estimate of drug-likeness (QED) is 0.0261. The molecule has 0 spiro atoms. The Morgan fingerprint density at radius 2 is 0.476 bits per heavy atom. The van der Waals surface area contributed by atoms with E-state index in [-0.39, 0.29) is 31.1 Å². The number of esters is 3. The molecule has 0 radical (unpaired) electrons. The fourth-order valence-electron chi connectivity index (χ4n) is 10.3. The maximum Gasteiger partial charge on any atom is 0.306 e. The minimum atomic E-state index is -0.784. The number of carbonyl (C=O) groups is 3. The number of carbonyl (C=O) groups excluding carboxylic acids is 3. The molecule has 1 unspecified atom stereocenters. The van der Waals surface area contributed by atoms with Crippen molar-refractivity contribution in [3.05, 3.63) is 85.1 Å². The molecule has 0 heterocycles. The van der Waals surface area contributed by atoms with Gasteiger partial charge in [0.05, 0.1) is 0 Å². The Morgan fingerprint density at radius 1 is 0.256 bits per heavy atom. The fourth-order valence-corrected chi connectivity index (χ4v) is 10.3. The van der Waals surface area contributed by atoms with E-state index in [2.05, 4.69) is 106 Å². The Morgan fingerprint density at radius 3 is 0.768 bits per heavy atom. The van der Waals surface area contributed by atoms with Gasteiger partial charge in [0.25, 0.3) is 0 Å². The average Bonchev–Trinajstić information content (AvgIpc) is 3.47. The van der Waals surface area contributed by atoms with Crippen molar-refractivity contribution in [3.63, 3.8) is 0 Å². The summed E-state index contributed by atoms with van der Waals surface area (Å²) in [5.41, 5.74) is 0. The predicted molar refractivity (Wildman–Crippen MR) is 358 cm³/mol. The van der Waals surface area contributed by atoms with Gasteiger partial charge in [-0.1, -0.05) is 311 Å². The molecule has 474 valence electrons. The lowest BCUT2D eigenvalue weighted by molar-refractivity contribution is -0.167. The van der Waals surface area contributed by atoms with E-state index in [1.54, 1.807) is 0 Å². The molecule has 1 atom stereocenters. The number of hydrogen-bond acceptors (Lipinski definition) is 6. The zero-order valence-corrected chi connectivity index (χ0v) is 54.5. The lowest BCUT2D eigenvalue weighted by atomic mass is 10.0. The van der Waals surface area contributed by atoms with Crippen LogP contribution in [0.4, 0.5) is 0 Å². The van der Waals surface area contributed by atoms with E-state index < -0.39 is 6.10 Å². The number of unbranched alkanes of at least 4 members (excludes halogenated alkanes) is 40. The van der Waals surface area contributed by atoms with Gasteiger partial charge in [-0.05, 0) is 116 Å². The average molecular weight is 1140 g/mol. The van der Waals surface area contributed by atoms with Gasteiger partial charge in [0.2, 0.25) is 0 Å². The molecule has 0 aromatic rings. The van der Waals surface area contributed by atoms with E-state index >= 15 is 0 Å². The third-order valence-corrected chi connectivity index (χ3v) is 15.6. The third-order valence-electron chi connectivity index (χ3n) is 15.6. The molecule has 0 amide bonds. The molecule has 0 bridgehead atoms. The summed E-state index contributed by atoms with van der Waals surface area (Å²) in [6.07, 6.45) is 93.1. The first-order valence-corrected chi connectivity index (χ1v) is 35.6. The normalized spacial score (nSPS) is 12.6. The van der Waals surface area contributed by atoms with Crippen molar-refractivity contribution in [2.24, 2.45) is 0 Å². The lowest BCUT2D eigenvalue weighted by Crippen LogP contribution is -2.30. The highest BCUT2D eigenvalue weighted by atomic mass is 16.6. The van der Waals surface area contributed by atoms with Crippen molar-refractivity contribution in [1.82, 2.24) is 0 Å². The SMILES string of the molecule is CC/C=C\C/C=C\C/C=C\C/C=C\CCCCCCCCCCCCC(=O)OCC(COC(=O)CCCCCCCCC/C=C\C/C=C\CCCCCC)OC(=O)CCCCCCCCCCCCC/C=C\CCCCCCCCCC. The molecule has 0 saturated carbocycles. The number of rotatable bonds is 65. The lowest BCUT2D eigenvalue weighted by Gasteiger charge is -2.18. The van der Waals surface area contributed by atoms with Crippen molar-refractivity contribution in [2.75, 3.05) is 13.2 Å². The summed E-state index contributed by atoms with van der Waals surface area (Å²) < 4.78 is 17.0. The smallest absolute Gasteiger partial charge is 0.306 e. The Balaban J connectivity index is 4.36. The molecule has 6 heteroatoms. The van der Waals surface area contributed by atoms with Crippen LogP contribution in [0.5, 0.6) is 0 Å². The van der Waals surface area contributed by atoms with Gasteiger partial charge in [-0.2, -0.15) is 0 Å². The van der Waals surface area contributed by atoms with Crippen LogP contribution in [0.15, 0.2) is 85.1 Å². The Hall–Kier alpha value is -3.41. The summed E-state index contributed by atoms with van der Waals surface area (Å²) in [5, 5.41) is 0. The third kappa shape index (κ3) is 67.4. The van der Waals surface area contributed by atoms with Gasteiger partial charge in [-0.25, -0.2) is 0 Å². The zero-order valence-electron chi connectivity index (χ0n) is 54.5. The fraction of sp³-hybridized carbons (Fsp3) is 0.776. The van der Waals surface area contributed by atoms with Crippen LogP contribution in [-0.4, -0.2) is 37.2 Å². The van der Waals surface area contributed by atoms with Crippen LogP contribution in [0.3, 0.4) is 0 Å². The van der Waals surface area contributed by atoms with Gasteiger partial charge in [0.1, 0.15) is 13.2 Å². The largest absolute Gasteiger partial charge is 0.462 e. The first-order chi connectivity index (χ1) is 40.5. The first kappa shape index (κ1) is 78.6. The van der Waals surface area contributed by atoms with Crippen LogP contribution in [-0.2, 0) is 28.6 Å². The molecule has 0 aromatic heterocycles. The van der Waals surface area contributed by atoms with Crippen LogP contribution >= 0.6 is 0 Å². The second-order valence-corrected chi connectivity index (χ2v) is 23.8. The van der Waals surface area contributed by atoms with Gasteiger partial charge >= 0.3 is 17.9 Å².